The summed E-state index contributed by atoms with van der Waals surface area (Å²) in [6.45, 7) is 8.14. The second-order valence-electron chi connectivity index (χ2n) is 6.79. The highest BCUT2D eigenvalue weighted by Gasteiger charge is 2.32. The molecule has 0 saturated carbocycles. The highest BCUT2D eigenvalue weighted by Crippen LogP contribution is 2.34. The van der Waals surface area contributed by atoms with Gasteiger partial charge in [-0.3, -0.25) is 0 Å². The molecule has 2 heterocycles. The Labute approximate surface area is 194 Å². The van der Waals surface area contributed by atoms with Crippen LogP contribution in [0.5, 0.6) is 0 Å². The van der Waals surface area contributed by atoms with E-state index in [1.54, 1.807) is 6.26 Å². The van der Waals surface area contributed by atoms with E-state index in [2.05, 4.69) is 29.5 Å². The largest absolute Gasteiger partial charge is 0.444 e. The van der Waals surface area contributed by atoms with Crippen LogP contribution in [0.4, 0.5) is 0 Å². The molecule has 0 radical (unpaired) electrons. The Hall–Kier alpha value is -1.26. The van der Waals surface area contributed by atoms with Crippen LogP contribution in [0, 0.1) is 0 Å². The van der Waals surface area contributed by atoms with Crippen molar-refractivity contribution < 1.29 is 9.15 Å². The van der Waals surface area contributed by atoms with Crippen LogP contribution in [-0.2, 0) is 11.3 Å². The molecule has 160 valence electrons. The Morgan fingerprint density at radius 1 is 1.17 bits per heavy atom. The molecule has 0 atom stereocenters. The van der Waals surface area contributed by atoms with E-state index >= 15 is 0 Å². The summed E-state index contributed by atoms with van der Waals surface area (Å²) >= 11 is 2.02. The van der Waals surface area contributed by atoms with E-state index in [9.17, 15) is 0 Å². The molecule has 2 N–H and O–H groups in total. The molecule has 1 fully saturated rings. The van der Waals surface area contributed by atoms with Crippen molar-refractivity contribution in [2.45, 2.75) is 38.0 Å². The van der Waals surface area contributed by atoms with Gasteiger partial charge in [-0.15, -0.1) is 24.0 Å². The number of aliphatic imine (C=N–C) groups is 1. The Bertz CT molecular complexity index is 743. The van der Waals surface area contributed by atoms with E-state index in [-0.39, 0.29) is 28.7 Å². The smallest absolute Gasteiger partial charge is 0.226 e. The molecular weight excluding hydrogens is 499 g/mol. The predicted octanol–water partition coefficient (Wildman–Crippen LogP) is 4.32. The predicted molar refractivity (Wildman–Crippen MR) is 131 cm³/mol. The third kappa shape index (κ3) is 7.18. The number of halogens is 1. The van der Waals surface area contributed by atoms with E-state index in [1.807, 2.05) is 42.1 Å². The summed E-state index contributed by atoms with van der Waals surface area (Å²) in [6, 6.07) is 9.91. The zero-order chi connectivity index (χ0) is 19.7. The number of thioether (sulfide) groups is 1. The molecular formula is C21H31IN4O2S. The zero-order valence-corrected chi connectivity index (χ0v) is 20.3. The average molecular weight is 530 g/mol. The van der Waals surface area contributed by atoms with Gasteiger partial charge in [0.25, 0.3) is 0 Å². The number of benzene rings is 1. The molecule has 0 bridgehead atoms. The van der Waals surface area contributed by atoms with Crippen LogP contribution >= 0.6 is 35.7 Å². The number of rotatable bonds is 8. The maximum Gasteiger partial charge on any atom is 0.226 e. The van der Waals surface area contributed by atoms with Crippen molar-refractivity contribution in [3.8, 4) is 11.5 Å². The van der Waals surface area contributed by atoms with E-state index in [4.69, 9.17) is 14.1 Å². The standard InChI is InChI=1S/C21H30N4O2S.HI/c1-3-22-20(24-16-21(28-4-2)10-12-26-13-11-21)23-14-18-15-27-19(25-18)17-8-6-5-7-9-17;/h5-9,15H,3-4,10-14,16H2,1-2H3,(H2,22,23,24);1H. The summed E-state index contributed by atoms with van der Waals surface area (Å²) in [5.74, 6) is 2.55. The number of oxazole rings is 1. The van der Waals surface area contributed by atoms with Gasteiger partial charge in [0, 0.05) is 36.6 Å². The molecule has 29 heavy (non-hydrogen) atoms. The molecule has 0 aliphatic carbocycles. The van der Waals surface area contributed by atoms with Gasteiger partial charge in [0.2, 0.25) is 5.89 Å². The summed E-state index contributed by atoms with van der Waals surface area (Å²) in [4.78, 5) is 9.25. The van der Waals surface area contributed by atoms with Gasteiger partial charge >= 0.3 is 0 Å². The molecule has 6 nitrogen and oxygen atoms in total. The van der Waals surface area contributed by atoms with Gasteiger partial charge in [-0.2, -0.15) is 11.8 Å². The Morgan fingerprint density at radius 3 is 2.62 bits per heavy atom. The first kappa shape index (κ1) is 24.0. The molecule has 1 aliphatic heterocycles. The fourth-order valence-corrected chi connectivity index (χ4v) is 4.50. The molecule has 1 aliphatic rings. The second-order valence-corrected chi connectivity index (χ2v) is 8.52. The maximum absolute atomic E-state index is 5.61. The SMILES string of the molecule is CCNC(=NCc1coc(-c2ccccc2)n1)NCC1(SCC)CCOCC1.I. The number of nitrogens with zero attached hydrogens (tertiary/aromatic N) is 2. The minimum absolute atomic E-state index is 0. The number of guanidine groups is 1. The summed E-state index contributed by atoms with van der Waals surface area (Å²) in [7, 11) is 0. The zero-order valence-electron chi connectivity index (χ0n) is 17.1. The molecule has 0 unspecified atom stereocenters. The van der Waals surface area contributed by atoms with Gasteiger partial charge in [0.1, 0.15) is 12.0 Å². The van der Waals surface area contributed by atoms with Gasteiger partial charge in [-0.1, -0.05) is 25.1 Å². The summed E-state index contributed by atoms with van der Waals surface area (Å²) in [5.41, 5.74) is 1.79. The van der Waals surface area contributed by atoms with E-state index in [0.29, 0.717) is 12.4 Å². The van der Waals surface area contributed by atoms with E-state index < -0.39 is 0 Å². The fourth-order valence-electron chi connectivity index (χ4n) is 3.26. The van der Waals surface area contributed by atoms with Crippen molar-refractivity contribution in [1.29, 1.82) is 0 Å². The molecule has 1 aromatic carbocycles. The van der Waals surface area contributed by atoms with E-state index in [0.717, 1.165) is 62.1 Å². The first-order valence-corrected chi connectivity index (χ1v) is 11.0. The lowest BCUT2D eigenvalue weighted by atomic mass is 9.99. The molecule has 0 amide bonds. The van der Waals surface area contributed by atoms with Crippen LogP contribution in [0.2, 0.25) is 0 Å². The highest BCUT2D eigenvalue weighted by molar-refractivity contribution is 14.0. The minimum Gasteiger partial charge on any atom is -0.444 e. The van der Waals surface area contributed by atoms with Gasteiger partial charge < -0.3 is 19.8 Å². The lowest BCUT2D eigenvalue weighted by molar-refractivity contribution is 0.0782. The molecule has 2 aromatic rings. The maximum atomic E-state index is 5.61. The van der Waals surface area contributed by atoms with Gasteiger partial charge in [0.15, 0.2) is 5.96 Å². The molecule has 0 spiro atoms. The fraction of sp³-hybridized carbons (Fsp3) is 0.524. The summed E-state index contributed by atoms with van der Waals surface area (Å²) in [6.07, 6.45) is 3.82. The van der Waals surface area contributed by atoms with Crippen molar-refractivity contribution in [2.24, 2.45) is 4.99 Å². The Morgan fingerprint density at radius 2 is 1.93 bits per heavy atom. The van der Waals surface area contributed by atoms with Crippen LogP contribution in [0.1, 0.15) is 32.4 Å². The van der Waals surface area contributed by atoms with E-state index in [1.165, 1.54) is 0 Å². The summed E-state index contributed by atoms with van der Waals surface area (Å²) < 4.78 is 11.4. The first-order chi connectivity index (χ1) is 13.7. The van der Waals surface area contributed by atoms with Crippen LogP contribution < -0.4 is 10.6 Å². The lowest BCUT2D eigenvalue weighted by Crippen LogP contribution is -2.48. The lowest BCUT2D eigenvalue weighted by Gasteiger charge is -2.37. The van der Waals surface area contributed by atoms with Crippen molar-refractivity contribution in [3.05, 3.63) is 42.3 Å². The van der Waals surface area contributed by atoms with Crippen LogP contribution in [0.25, 0.3) is 11.5 Å². The number of ether oxygens (including phenoxy) is 1. The first-order valence-electron chi connectivity index (χ1n) is 9.98. The molecule has 3 rings (SSSR count). The third-order valence-electron chi connectivity index (χ3n) is 4.75. The number of hydrogen-bond donors (Lipinski definition) is 2. The van der Waals surface area contributed by atoms with Crippen molar-refractivity contribution in [3.63, 3.8) is 0 Å². The van der Waals surface area contributed by atoms with Crippen LogP contribution in [0.15, 0.2) is 46.0 Å². The second kappa shape index (κ2) is 12.4. The van der Waals surface area contributed by atoms with Crippen molar-refractivity contribution in [2.75, 3.05) is 32.1 Å². The average Bonchev–Trinajstić information content (AvgIpc) is 3.21. The quantitative estimate of drug-likeness (QED) is 0.301. The number of nitrogens with one attached hydrogen (secondary N) is 2. The van der Waals surface area contributed by atoms with Crippen molar-refractivity contribution >= 4 is 41.7 Å². The van der Waals surface area contributed by atoms with Crippen molar-refractivity contribution in [1.82, 2.24) is 15.6 Å². The Kier molecular flexibility index (Phi) is 10.3. The van der Waals surface area contributed by atoms with Crippen LogP contribution in [-0.4, -0.2) is 47.7 Å². The van der Waals surface area contributed by atoms with Gasteiger partial charge in [-0.25, -0.2) is 9.98 Å². The topological polar surface area (TPSA) is 71.7 Å². The minimum atomic E-state index is 0. The Balaban J connectivity index is 0.00000300. The number of aromatic nitrogens is 1. The number of hydrogen-bond acceptors (Lipinski definition) is 5. The molecule has 1 aromatic heterocycles. The third-order valence-corrected chi connectivity index (χ3v) is 6.20. The molecule has 8 heteroatoms. The normalized spacial score (nSPS) is 16.1. The summed E-state index contributed by atoms with van der Waals surface area (Å²) in [5, 5.41) is 6.86. The molecule has 1 saturated heterocycles. The monoisotopic (exact) mass is 530 g/mol. The van der Waals surface area contributed by atoms with Gasteiger partial charge in [-0.05, 0) is 37.7 Å². The highest BCUT2D eigenvalue weighted by atomic mass is 127. The van der Waals surface area contributed by atoms with Gasteiger partial charge in [0.05, 0.1) is 6.54 Å². The van der Waals surface area contributed by atoms with Crippen LogP contribution in [0.3, 0.4) is 0 Å².